The van der Waals surface area contributed by atoms with Crippen LogP contribution in [-0.2, 0) is 19.7 Å². The van der Waals surface area contributed by atoms with Gasteiger partial charge in [-0.05, 0) is 44.5 Å². The molecule has 1 atom stereocenters. The molecule has 3 rings (SSSR count). The summed E-state index contributed by atoms with van der Waals surface area (Å²) in [5, 5.41) is 0. The van der Waals surface area contributed by atoms with Crippen molar-refractivity contribution in [2.24, 2.45) is 0 Å². The third-order valence-electron chi connectivity index (χ3n) is 4.96. The lowest BCUT2D eigenvalue weighted by Crippen LogP contribution is -2.16. The number of ether oxygens (including phenoxy) is 1. The molecule has 2 heterocycles. The smallest absolute Gasteiger partial charge is 0.202 e. The second-order valence-electron chi connectivity index (χ2n) is 7.17. The average molecular weight is 426 g/mol. The molecule has 1 fully saturated rings. The van der Waals surface area contributed by atoms with E-state index >= 15 is 0 Å². The van der Waals surface area contributed by atoms with Crippen molar-refractivity contribution < 1.29 is 26.4 Å². The van der Waals surface area contributed by atoms with Crippen LogP contribution in [0.25, 0.3) is 0 Å². The number of hydrogen-bond donors (Lipinski definition) is 0. The molecule has 0 bridgehead atoms. The van der Waals surface area contributed by atoms with Gasteiger partial charge in [0.15, 0.2) is 26.3 Å². The van der Waals surface area contributed by atoms with Crippen LogP contribution in [0.2, 0.25) is 0 Å². The molecule has 0 N–H and O–H groups in total. The molecule has 1 aliphatic heterocycles. The molecule has 152 valence electrons. The van der Waals surface area contributed by atoms with Crippen molar-refractivity contribution in [1.29, 1.82) is 0 Å². The van der Waals surface area contributed by atoms with Crippen LogP contribution < -0.4 is 4.74 Å². The zero-order chi connectivity index (χ0) is 20.7. The average Bonchev–Trinajstić information content (AvgIpc) is 3.10. The van der Waals surface area contributed by atoms with Crippen LogP contribution in [-0.4, -0.2) is 51.6 Å². The Bertz CT molecular complexity index is 1130. The second-order valence-corrected chi connectivity index (χ2v) is 11.4. The van der Waals surface area contributed by atoms with E-state index in [0.717, 1.165) is 17.6 Å². The van der Waals surface area contributed by atoms with Crippen molar-refractivity contribution in [3.63, 3.8) is 0 Å². The third kappa shape index (κ3) is 4.30. The van der Waals surface area contributed by atoms with Crippen LogP contribution in [0.1, 0.15) is 34.2 Å². The summed E-state index contributed by atoms with van der Waals surface area (Å²) in [6, 6.07) is 7.59. The molecular weight excluding hydrogens is 402 g/mol. The Hall–Kier alpha value is -2.13. The number of ketones is 1. The summed E-state index contributed by atoms with van der Waals surface area (Å²) in [5.41, 5.74) is 2.04. The van der Waals surface area contributed by atoms with Crippen molar-refractivity contribution in [2.75, 3.05) is 24.4 Å². The number of hydrogen-bond acceptors (Lipinski definition) is 6. The van der Waals surface area contributed by atoms with Crippen molar-refractivity contribution in [2.45, 2.75) is 31.2 Å². The first kappa shape index (κ1) is 20.6. The van der Waals surface area contributed by atoms with Crippen molar-refractivity contribution in [1.82, 2.24) is 4.57 Å². The van der Waals surface area contributed by atoms with Crippen molar-refractivity contribution in [3.8, 4) is 5.75 Å². The number of rotatable bonds is 6. The van der Waals surface area contributed by atoms with Gasteiger partial charge in [0.1, 0.15) is 5.75 Å². The van der Waals surface area contributed by atoms with Gasteiger partial charge in [-0.2, -0.15) is 0 Å². The van der Waals surface area contributed by atoms with Gasteiger partial charge < -0.3 is 9.30 Å². The zero-order valence-corrected chi connectivity index (χ0v) is 17.6. The van der Waals surface area contributed by atoms with Gasteiger partial charge in [0.05, 0.1) is 16.4 Å². The van der Waals surface area contributed by atoms with Crippen molar-refractivity contribution in [3.05, 3.63) is 47.3 Å². The zero-order valence-electron chi connectivity index (χ0n) is 16.0. The number of Topliss-reactive ketones (excluding diaryl/α,β-unsaturated/α-hetero) is 1. The van der Waals surface area contributed by atoms with Crippen LogP contribution in [0.5, 0.6) is 5.75 Å². The minimum absolute atomic E-state index is 0.0891. The maximum absolute atomic E-state index is 12.7. The SMILES string of the molecule is Cc1cc(C(=O)COc2cccc(S(C)(=O)=O)c2)c(C)n1[C@H]1CCS(=O)(=O)C1. The van der Waals surface area contributed by atoms with Gasteiger partial charge in [-0.3, -0.25) is 4.79 Å². The van der Waals surface area contributed by atoms with Crippen LogP contribution in [0.3, 0.4) is 0 Å². The summed E-state index contributed by atoms with van der Waals surface area (Å²) in [7, 11) is -6.39. The quantitative estimate of drug-likeness (QED) is 0.658. The Balaban J connectivity index is 1.76. The Morgan fingerprint density at radius 2 is 1.96 bits per heavy atom. The maximum Gasteiger partial charge on any atom is 0.202 e. The highest BCUT2D eigenvalue weighted by Crippen LogP contribution is 2.29. The minimum Gasteiger partial charge on any atom is -0.485 e. The fraction of sp³-hybridized carbons (Fsp3) is 0.421. The van der Waals surface area contributed by atoms with Gasteiger partial charge in [-0.15, -0.1) is 0 Å². The topological polar surface area (TPSA) is 99.5 Å². The van der Waals surface area contributed by atoms with E-state index in [2.05, 4.69) is 0 Å². The van der Waals surface area contributed by atoms with Gasteiger partial charge in [0.25, 0.3) is 0 Å². The highest BCUT2D eigenvalue weighted by Gasteiger charge is 2.31. The molecule has 1 aromatic carbocycles. The highest BCUT2D eigenvalue weighted by molar-refractivity contribution is 7.91. The Kier molecular flexibility index (Phi) is 5.42. The monoisotopic (exact) mass is 425 g/mol. The van der Waals surface area contributed by atoms with Gasteiger partial charge in [-0.1, -0.05) is 6.07 Å². The van der Waals surface area contributed by atoms with Crippen LogP contribution in [0, 0.1) is 13.8 Å². The fourth-order valence-corrected chi connectivity index (χ4v) is 5.98. The van der Waals surface area contributed by atoms with Crippen LogP contribution >= 0.6 is 0 Å². The lowest BCUT2D eigenvalue weighted by atomic mass is 10.1. The third-order valence-corrected chi connectivity index (χ3v) is 7.82. The molecule has 0 amide bonds. The van der Waals surface area contributed by atoms with Gasteiger partial charge >= 0.3 is 0 Å². The van der Waals surface area contributed by atoms with E-state index in [1.165, 1.54) is 12.1 Å². The number of aromatic nitrogens is 1. The van der Waals surface area contributed by atoms with Gasteiger partial charge in [0, 0.05) is 29.2 Å². The molecule has 0 aliphatic carbocycles. The van der Waals surface area contributed by atoms with E-state index in [1.54, 1.807) is 25.1 Å². The minimum atomic E-state index is -3.36. The van der Waals surface area contributed by atoms with Crippen LogP contribution in [0.15, 0.2) is 35.2 Å². The van der Waals surface area contributed by atoms with E-state index < -0.39 is 19.7 Å². The van der Waals surface area contributed by atoms with E-state index in [4.69, 9.17) is 4.74 Å². The number of aryl methyl sites for hydroxylation is 1. The second kappa shape index (κ2) is 7.36. The highest BCUT2D eigenvalue weighted by atomic mass is 32.2. The summed E-state index contributed by atoms with van der Waals surface area (Å²) in [6.45, 7) is 3.42. The first-order valence-electron chi connectivity index (χ1n) is 8.83. The molecule has 0 saturated carbocycles. The van der Waals surface area contributed by atoms with Gasteiger partial charge in [0.2, 0.25) is 5.78 Å². The summed E-state index contributed by atoms with van der Waals surface area (Å²) < 4.78 is 54.3. The lowest BCUT2D eigenvalue weighted by Gasteiger charge is -2.16. The molecule has 1 saturated heterocycles. The molecular formula is C19H23NO6S2. The molecule has 9 heteroatoms. The van der Waals surface area contributed by atoms with Crippen LogP contribution in [0.4, 0.5) is 0 Å². The number of sulfone groups is 2. The van der Waals surface area contributed by atoms with E-state index in [-0.39, 0.29) is 34.8 Å². The molecule has 2 aromatic rings. The number of carbonyl (C=O) groups is 1. The first-order chi connectivity index (χ1) is 13.0. The summed E-state index contributed by atoms with van der Waals surface area (Å²) in [5.74, 6) is 0.306. The number of carbonyl (C=O) groups excluding carboxylic acids is 1. The van der Waals surface area contributed by atoms with E-state index in [0.29, 0.717) is 17.7 Å². The Labute approximate surface area is 165 Å². The number of benzene rings is 1. The van der Waals surface area contributed by atoms with Gasteiger partial charge in [-0.25, -0.2) is 16.8 Å². The predicted molar refractivity (Wildman–Crippen MR) is 106 cm³/mol. The molecule has 0 radical (unpaired) electrons. The summed E-state index contributed by atoms with van der Waals surface area (Å²) in [4.78, 5) is 12.8. The standard InChI is InChI=1S/C19H23NO6S2/c1-13-9-18(14(2)20(13)15-7-8-28(24,25)12-15)19(21)11-26-16-5-4-6-17(10-16)27(3,22)23/h4-6,9-10,15H,7-8,11-12H2,1-3H3/t15-/m0/s1. The van der Waals surface area contributed by atoms with Crippen molar-refractivity contribution >= 4 is 25.5 Å². The Morgan fingerprint density at radius 3 is 2.57 bits per heavy atom. The molecule has 1 aliphatic rings. The van der Waals surface area contributed by atoms with E-state index in [9.17, 15) is 21.6 Å². The maximum atomic E-state index is 12.7. The molecule has 0 unspecified atom stereocenters. The Morgan fingerprint density at radius 1 is 1.25 bits per heavy atom. The number of nitrogens with zero attached hydrogens (tertiary/aromatic N) is 1. The first-order valence-corrected chi connectivity index (χ1v) is 12.5. The molecule has 0 spiro atoms. The summed E-state index contributed by atoms with van der Waals surface area (Å²) in [6.07, 6.45) is 1.65. The van der Waals surface area contributed by atoms with E-state index in [1.807, 2.05) is 11.5 Å². The summed E-state index contributed by atoms with van der Waals surface area (Å²) >= 11 is 0. The lowest BCUT2D eigenvalue weighted by molar-refractivity contribution is 0.0920. The molecule has 7 nitrogen and oxygen atoms in total. The molecule has 28 heavy (non-hydrogen) atoms. The predicted octanol–water partition coefficient (Wildman–Crippen LogP) is 2.13. The normalized spacial score (nSPS) is 18.9. The largest absolute Gasteiger partial charge is 0.485 e. The fourth-order valence-electron chi connectivity index (χ4n) is 3.62. The molecule has 1 aromatic heterocycles.